The summed E-state index contributed by atoms with van der Waals surface area (Å²) in [6, 6.07) is 1.35. The van der Waals surface area contributed by atoms with Gasteiger partial charge in [0.15, 0.2) is 6.10 Å². The Morgan fingerprint density at radius 2 is 2.19 bits per heavy atom. The Kier molecular flexibility index (Phi) is 8.33. The summed E-state index contributed by atoms with van der Waals surface area (Å²) in [5.74, 6) is -0.416. The molecule has 0 bridgehead atoms. The third-order valence-corrected chi connectivity index (χ3v) is 3.56. The molecule has 0 radical (unpaired) electrons. The summed E-state index contributed by atoms with van der Waals surface area (Å²) >= 11 is 0. The number of amides is 2. The van der Waals surface area contributed by atoms with Crippen LogP contribution in [0.1, 0.15) is 40.5 Å². The van der Waals surface area contributed by atoms with Crippen molar-refractivity contribution in [2.24, 2.45) is 0 Å². The van der Waals surface area contributed by atoms with Crippen molar-refractivity contribution in [1.29, 1.82) is 5.26 Å². The summed E-state index contributed by atoms with van der Waals surface area (Å²) in [5, 5.41) is 11.9. The average Bonchev–Trinajstić information content (AvgIpc) is 2.79. The smallest absolute Gasteiger partial charge is 0.410 e. The van der Waals surface area contributed by atoms with Gasteiger partial charge in [-0.15, -0.1) is 0 Å². The predicted molar refractivity (Wildman–Crippen MR) is 98.3 cm³/mol. The number of carbonyl (C=O) groups excluding carboxylic acids is 2. The van der Waals surface area contributed by atoms with Crippen molar-refractivity contribution < 1.29 is 19.1 Å². The van der Waals surface area contributed by atoms with Gasteiger partial charge in [0, 0.05) is 19.6 Å². The van der Waals surface area contributed by atoms with Gasteiger partial charge >= 0.3 is 6.09 Å². The summed E-state index contributed by atoms with van der Waals surface area (Å²) in [5.41, 5.74) is 0.137. The Morgan fingerprint density at radius 1 is 1.50 bits per heavy atom. The van der Waals surface area contributed by atoms with Crippen molar-refractivity contribution in [3.8, 4) is 6.07 Å². The Balaban J connectivity index is 2.70. The first-order chi connectivity index (χ1) is 12.2. The molecule has 144 valence electrons. The normalized spacial score (nSPS) is 19.3. The van der Waals surface area contributed by atoms with Gasteiger partial charge in [-0.05, 0) is 34.1 Å². The Hall–Kier alpha value is -2.33. The summed E-state index contributed by atoms with van der Waals surface area (Å²) in [4.78, 5) is 26.2. The van der Waals surface area contributed by atoms with Gasteiger partial charge in [-0.25, -0.2) is 4.79 Å². The van der Waals surface area contributed by atoms with E-state index in [4.69, 9.17) is 9.47 Å². The minimum atomic E-state index is -0.837. The highest BCUT2D eigenvalue weighted by Crippen LogP contribution is 2.14. The Morgan fingerprint density at radius 3 is 2.77 bits per heavy atom. The van der Waals surface area contributed by atoms with E-state index < -0.39 is 29.7 Å². The fraction of sp³-hybridized carbons (Fsp3) is 0.632. The number of nitrogens with zero attached hydrogens (tertiary/aromatic N) is 2. The first-order valence-electron chi connectivity index (χ1n) is 8.76. The van der Waals surface area contributed by atoms with E-state index in [0.29, 0.717) is 26.0 Å². The van der Waals surface area contributed by atoms with Gasteiger partial charge in [0.05, 0.1) is 12.6 Å². The van der Waals surface area contributed by atoms with Gasteiger partial charge in [0.1, 0.15) is 11.6 Å². The minimum absolute atomic E-state index is 0.0920. The molecule has 7 nitrogen and oxygen atoms in total. The molecule has 1 N–H and O–H groups in total. The van der Waals surface area contributed by atoms with Crippen molar-refractivity contribution >= 4 is 12.0 Å². The van der Waals surface area contributed by atoms with Crippen molar-refractivity contribution in [3.63, 3.8) is 0 Å². The lowest BCUT2D eigenvalue weighted by atomic mass is 10.1. The van der Waals surface area contributed by atoms with E-state index in [0.717, 1.165) is 5.57 Å². The van der Waals surface area contributed by atoms with E-state index in [1.807, 2.05) is 13.0 Å². The van der Waals surface area contributed by atoms with Crippen LogP contribution in [0.15, 0.2) is 24.3 Å². The van der Waals surface area contributed by atoms with Crippen LogP contribution in [0, 0.1) is 11.3 Å². The van der Waals surface area contributed by atoms with Gasteiger partial charge in [0.25, 0.3) is 5.91 Å². The van der Waals surface area contributed by atoms with E-state index in [9.17, 15) is 14.9 Å². The molecule has 26 heavy (non-hydrogen) atoms. The van der Waals surface area contributed by atoms with Crippen molar-refractivity contribution in [3.05, 3.63) is 24.3 Å². The fourth-order valence-electron chi connectivity index (χ4n) is 2.44. The number of ether oxygens (including phenoxy) is 2. The van der Waals surface area contributed by atoms with E-state index in [1.165, 1.54) is 4.90 Å². The standard InChI is InChI=1S/C19H29N3O4/c1-6-8-14(2)11-15(12-20)21-17(23)16-13-22(9-7-10-25-16)18(24)26-19(3,4)5/h6,8,15-16H,2,7,9-11,13H2,1,3-5H3,(H,21,23)/b8-6-/t15-,16-/m0/s1. The minimum Gasteiger partial charge on any atom is -0.444 e. The third kappa shape index (κ3) is 7.70. The molecule has 0 spiro atoms. The molecular weight excluding hydrogens is 334 g/mol. The Labute approximate surface area is 155 Å². The summed E-state index contributed by atoms with van der Waals surface area (Å²) in [6.45, 7) is 12.0. The SMILES string of the molecule is C=C(/C=C\C)C[C@@H](C#N)NC(=O)[C@@H]1CN(C(=O)OC(C)(C)C)CCCO1. The van der Waals surface area contributed by atoms with Crippen LogP contribution >= 0.6 is 0 Å². The maximum Gasteiger partial charge on any atom is 0.410 e. The molecule has 2 atom stereocenters. The van der Waals surface area contributed by atoms with Crippen LogP contribution in [0.5, 0.6) is 0 Å². The number of hydrogen-bond donors (Lipinski definition) is 1. The molecule has 0 aromatic heterocycles. The number of nitriles is 1. The van der Waals surface area contributed by atoms with Crippen LogP contribution in [0.2, 0.25) is 0 Å². The maximum absolute atomic E-state index is 12.5. The molecule has 0 aliphatic carbocycles. The average molecular weight is 363 g/mol. The predicted octanol–water partition coefficient (Wildman–Crippen LogP) is 2.54. The van der Waals surface area contributed by atoms with Crippen LogP contribution in [-0.4, -0.2) is 54.3 Å². The monoisotopic (exact) mass is 363 g/mol. The quantitative estimate of drug-likeness (QED) is 0.758. The summed E-state index contributed by atoms with van der Waals surface area (Å²) in [6.07, 6.45) is 3.25. The molecule has 0 aromatic carbocycles. The number of rotatable bonds is 5. The molecule has 1 saturated heterocycles. The van der Waals surface area contributed by atoms with Crippen LogP contribution in [0.3, 0.4) is 0 Å². The Bertz CT molecular complexity index is 587. The van der Waals surface area contributed by atoms with Crippen LogP contribution < -0.4 is 5.32 Å². The van der Waals surface area contributed by atoms with Crippen molar-refractivity contribution in [1.82, 2.24) is 10.2 Å². The van der Waals surface area contributed by atoms with Gasteiger partial charge < -0.3 is 19.7 Å². The highest BCUT2D eigenvalue weighted by molar-refractivity contribution is 5.82. The zero-order chi connectivity index (χ0) is 19.7. The lowest BCUT2D eigenvalue weighted by Gasteiger charge is -2.27. The molecule has 7 heteroatoms. The number of allylic oxidation sites excluding steroid dienone is 2. The maximum atomic E-state index is 12.5. The first-order valence-corrected chi connectivity index (χ1v) is 8.76. The number of carbonyl (C=O) groups is 2. The van der Waals surface area contributed by atoms with E-state index in [1.54, 1.807) is 26.8 Å². The van der Waals surface area contributed by atoms with E-state index in [-0.39, 0.29) is 6.54 Å². The number of nitrogens with one attached hydrogen (secondary N) is 1. The van der Waals surface area contributed by atoms with Crippen LogP contribution in [0.4, 0.5) is 4.79 Å². The summed E-state index contributed by atoms with van der Waals surface area (Å²) in [7, 11) is 0. The van der Waals surface area contributed by atoms with Gasteiger partial charge in [0.2, 0.25) is 0 Å². The van der Waals surface area contributed by atoms with Crippen LogP contribution in [0.25, 0.3) is 0 Å². The zero-order valence-corrected chi connectivity index (χ0v) is 16.1. The van der Waals surface area contributed by atoms with E-state index >= 15 is 0 Å². The lowest BCUT2D eigenvalue weighted by Crippen LogP contribution is -2.48. The molecule has 0 saturated carbocycles. The zero-order valence-electron chi connectivity index (χ0n) is 16.1. The summed E-state index contributed by atoms with van der Waals surface area (Å²) < 4.78 is 10.9. The molecule has 1 fully saturated rings. The van der Waals surface area contributed by atoms with Crippen molar-refractivity contribution in [2.45, 2.75) is 58.3 Å². The molecule has 0 aromatic rings. The highest BCUT2D eigenvalue weighted by atomic mass is 16.6. The van der Waals surface area contributed by atoms with E-state index in [2.05, 4.69) is 18.0 Å². The third-order valence-electron chi connectivity index (χ3n) is 3.56. The fourth-order valence-corrected chi connectivity index (χ4v) is 2.44. The molecular formula is C19H29N3O4. The van der Waals surface area contributed by atoms with Crippen molar-refractivity contribution in [2.75, 3.05) is 19.7 Å². The van der Waals surface area contributed by atoms with Gasteiger partial charge in [-0.2, -0.15) is 5.26 Å². The second-order valence-corrected chi connectivity index (χ2v) is 7.19. The molecule has 0 unspecified atom stereocenters. The molecule has 1 rings (SSSR count). The van der Waals surface area contributed by atoms with Gasteiger partial charge in [-0.3, -0.25) is 4.79 Å². The largest absolute Gasteiger partial charge is 0.444 e. The molecule has 1 aliphatic rings. The highest BCUT2D eigenvalue weighted by Gasteiger charge is 2.31. The number of hydrogen-bond acceptors (Lipinski definition) is 5. The van der Waals surface area contributed by atoms with Gasteiger partial charge in [-0.1, -0.05) is 24.3 Å². The second-order valence-electron chi connectivity index (χ2n) is 7.19. The lowest BCUT2D eigenvalue weighted by molar-refractivity contribution is -0.133. The second kappa shape index (κ2) is 9.97. The molecule has 1 aliphatic heterocycles. The topological polar surface area (TPSA) is 91.7 Å². The van der Waals surface area contributed by atoms with Crippen LogP contribution in [-0.2, 0) is 14.3 Å². The molecule has 2 amide bonds. The first kappa shape index (κ1) is 21.7. The molecule has 1 heterocycles.